The Morgan fingerprint density at radius 3 is 3.05 bits per heavy atom. The largest absolute Gasteiger partial charge is 0.504 e. The molecule has 1 spiro atoms. The predicted molar refractivity (Wildman–Crippen MR) is 78.0 cm³/mol. The van der Waals surface area contributed by atoms with E-state index in [1.165, 1.54) is 6.08 Å². The summed E-state index contributed by atoms with van der Waals surface area (Å²) in [6, 6.07) is 3.44. The molecule has 1 saturated heterocycles. The van der Waals surface area contributed by atoms with Gasteiger partial charge in [-0.3, -0.25) is 9.69 Å². The number of ketones is 1. The van der Waals surface area contributed by atoms with Crippen LogP contribution in [0.2, 0.25) is 0 Å². The lowest BCUT2D eigenvalue weighted by Gasteiger charge is -2.60. The van der Waals surface area contributed by atoms with Crippen LogP contribution < -0.4 is 4.74 Å². The molecule has 22 heavy (non-hydrogen) atoms. The molecule has 2 N–H and O–H groups in total. The van der Waals surface area contributed by atoms with E-state index >= 15 is 0 Å². The number of likely N-dealkylation sites (tertiary alicyclic amines) is 1. The second kappa shape index (κ2) is 3.55. The predicted octanol–water partition coefficient (Wildman–Crippen LogP) is 0.521. The van der Waals surface area contributed by atoms with Crippen LogP contribution in [0.4, 0.5) is 0 Å². The molecule has 0 aromatic heterocycles. The molecule has 114 valence electrons. The fourth-order valence-electron chi connectivity index (χ4n) is 5.13. The monoisotopic (exact) mass is 299 g/mol. The maximum absolute atomic E-state index is 12.4. The van der Waals surface area contributed by atoms with E-state index < -0.39 is 17.1 Å². The molecule has 1 aromatic rings. The molecule has 4 atom stereocenters. The zero-order valence-electron chi connectivity index (χ0n) is 12.2. The normalized spacial score (nSPS) is 41.3. The average Bonchev–Trinajstić information content (AvgIpc) is 2.85. The van der Waals surface area contributed by atoms with Crippen molar-refractivity contribution in [2.75, 3.05) is 13.6 Å². The lowest BCUT2D eigenvalue weighted by atomic mass is 9.51. The second-order valence-electron chi connectivity index (χ2n) is 6.93. The Labute approximate surface area is 127 Å². The maximum atomic E-state index is 12.4. The topological polar surface area (TPSA) is 70.0 Å². The number of carbonyl (C=O) groups excluding carboxylic acids is 1. The van der Waals surface area contributed by atoms with Gasteiger partial charge in [0.2, 0.25) is 0 Å². The minimum atomic E-state index is -1.13. The quantitative estimate of drug-likeness (QED) is 0.731. The first kappa shape index (κ1) is 12.7. The van der Waals surface area contributed by atoms with Gasteiger partial charge in [0.05, 0.1) is 5.41 Å². The van der Waals surface area contributed by atoms with E-state index in [2.05, 4.69) is 4.90 Å². The fraction of sp³-hybridized carbons (Fsp3) is 0.471. The van der Waals surface area contributed by atoms with Crippen LogP contribution >= 0.6 is 0 Å². The second-order valence-corrected chi connectivity index (χ2v) is 6.93. The van der Waals surface area contributed by atoms with E-state index in [1.54, 1.807) is 12.1 Å². The van der Waals surface area contributed by atoms with Crippen molar-refractivity contribution in [2.24, 2.45) is 0 Å². The first-order chi connectivity index (χ1) is 10.5. The SMILES string of the molecule is CN1CC[C@]23c4c5ccc(O)c4OC2C(=O)C=C[C@@]3(O)[C@H]1C5. The highest BCUT2D eigenvalue weighted by molar-refractivity contribution is 5.99. The molecule has 4 aliphatic rings. The lowest BCUT2D eigenvalue weighted by molar-refractivity contribution is -0.151. The van der Waals surface area contributed by atoms with Gasteiger partial charge in [-0.2, -0.15) is 0 Å². The van der Waals surface area contributed by atoms with Gasteiger partial charge in [0.15, 0.2) is 23.4 Å². The molecule has 0 radical (unpaired) electrons. The Hall–Kier alpha value is -1.85. The number of aliphatic hydroxyl groups is 1. The molecule has 1 aromatic carbocycles. The number of hydrogen-bond acceptors (Lipinski definition) is 5. The van der Waals surface area contributed by atoms with Crippen LogP contribution in [0.1, 0.15) is 17.5 Å². The molecule has 5 nitrogen and oxygen atoms in total. The standard InChI is InChI=1S/C17H17NO4/c1-18-7-6-16-13-9-2-3-10(19)14(13)22-15(16)11(20)4-5-17(16,21)12(18)8-9/h2-5,12,15,19,21H,6-8H2,1H3/t12-,15?,16+,17-/m1/s1. The van der Waals surface area contributed by atoms with Crippen LogP contribution in [-0.4, -0.2) is 52.2 Å². The molecule has 0 amide bonds. The van der Waals surface area contributed by atoms with Crippen molar-refractivity contribution in [3.05, 3.63) is 35.4 Å². The maximum Gasteiger partial charge on any atom is 0.196 e. The number of phenolic OH excluding ortho intramolecular Hbond substituents is 1. The van der Waals surface area contributed by atoms with Crippen LogP contribution in [-0.2, 0) is 16.6 Å². The molecule has 2 bridgehead atoms. The van der Waals surface area contributed by atoms with Crippen molar-refractivity contribution in [1.82, 2.24) is 4.90 Å². The first-order valence-corrected chi connectivity index (χ1v) is 7.67. The minimum absolute atomic E-state index is 0.0510. The average molecular weight is 299 g/mol. The fourth-order valence-corrected chi connectivity index (χ4v) is 5.13. The van der Waals surface area contributed by atoms with Gasteiger partial charge in [0, 0.05) is 11.6 Å². The van der Waals surface area contributed by atoms with Crippen molar-refractivity contribution < 1.29 is 19.7 Å². The molecule has 1 unspecified atom stereocenters. The number of nitrogens with zero attached hydrogens (tertiary/aromatic N) is 1. The highest BCUT2D eigenvalue weighted by Gasteiger charge is 2.71. The van der Waals surface area contributed by atoms with E-state index in [1.807, 2.05) is 13.1 Å². The highest BCUT2D eigenvalue weighted by atomic mass is 16.5. The van der Waals surface area contributed by atoms with Gasteiger partial charge in [0.1, 0.15) is 5.60 Å². The van der Waals surface area contributed by atoms with Crippen LogP contribution in [0.15, 0.2) is 24.3 Å². The van der Waals surface area contributed by atoms with E-state index in [4.69, 9.17) is 4.74 Å². The number of hydrogen-bond donors (Lipinski definition) is 2. The minimum Gasteiger partial charge on any atom is -0.504 e. The summed E-state index contributed by atoms with van der Waals surface area (Å²) in [4.78, 5) is 14.6. The third kappa shape index (κ3) is 1.08. The Morgan fingerprint density at radius 1 is 1.41 bits per heavy atom. The number of benzene rings is 1. The molecule has 0 saturated carbocycles. The number of rotatable bonds is 0. The van der Waals surface area contributed by atoms with E-state index in [9.17, 15) is 15.0 Å². The summed E-state index contributed by atoms with van der Waals surface area (Å²) in [5, 5.41) is 21.7. The molecule has 5 rings (SSSR count). The van der Waals surface area contributed by atoms with E-state index in [0.717, 1.165) is 17.7 Å². The van der Waals surface area contributed by atoms with Crippen molar-refractivity contribution in [3.63, 3.8) is 0 Å². The summed E-state index contributed by atoms with van der Waals surface area (Å²) < 4.78 is 5.89. The van der Waals surface area contributed by atoms with Gasteiger partial charge in [-0.25, -0.2) is 0 Å². The smallest absolute Gasteiger partial charge is 0.196 e. The molecule has 2 aliphatic heterocycles. The van der Waals surface area contributed by atoms with Gasteiger partial charge < -0.3 is 14.9 Å². The third-order valence-corrected chi connectivity index (χ3v) is 6.14. The van der Waals surface area contributed by atoms with Crippen molar-refractivity contribution in [3.8, 4) is 11.5 Å². The van der Waals surface area contributed by atoms with Gasteiger partial charge in [0.25, 0.3) is 0 Å². The van der Waals surface area contributed by atoms with Crippen molar-refractivity contribution in [1.29, 1.82) is 0 Å². The Kier molecular flexibility index (Phi) is 2.04. The Balaban J connectivity index is 1.91. The zero-order chi connectivity index (χ0) is 15.3. The van der Waals surface area contributed by atoms with Crippen molar-refractivity contribution >= 4 is 5.78 Å². The lowest BCUT2D eigenvalue weighted by Crippen LogP contribution is -2.74. The summed E-state index contributed by atoms with van der Waals surface area (Å²) in [6.45, 7) is 0.794. The van der Waals surface area contributed by atoms with Gasteiger partial charge in [-0.15, -0.1) is 0 Å². The molecular formula is C17H17NO4. The van der Waals surface area contributed by atoms with Crippen LogP contribution in [0.25, 0.3) is 0 Å². The number of phenols is 1. The number of piperidine rings is 1. The molecule has 2 aliphatic carbocycles. The Morgan fingerprint density at radius 2 is 2.23 bits per heavy atom. The summed E-state index contributed by atoms with van der Waals surface area (Å²) in [5.41, 5.74) is 0.0177. The van der Waals surface area contributed by atoms with Gasteiger partial charge >= 0.3 is 0 Å². The summed E-state index contributed by atoms with van der Waals surface area (Å²) in [7, 11) is 2.01. The first-order valence-electron chi connectivity index (χ1n) is 7.67. The van der Waals surface area contributed by atoms with Crippen LogP contribution in [0.3, 0.4) is 0 Å². The molecular weight excluding hydrogens is 282 g/mol. The summed E-state index contributed by atoms with van der Waals surface area (Å²) in [5.74, 6) is 0.312. The highest BCUT2D eigenvalue weighted by Crippen LogP contribution is 2.63. The van der Waals surface area contributed by atoms with E-state index in [-0.39, 0.29) is 17.6 Å². The number of carbonyl (C=O) groups is 1. The van der Waals surface area contributed by atoms with E-state index in [0.29, 0.717) is 18.6 Å². The number of likely N-dealkylation sites (N-methyl/N-ethyl adjacent to an activating group) is 1. The third-order valence-electron chi connectivity index (χ3n) is 6.14. The van der Waals surface area contributed by atoms with Gasteiger partial charge in [-0.05, 0) is 50.2 Å². The summed E-state index contributed by atoms with van der Waals surface area (Å²) >= 11 is 0. The zero-order valence-corrected chi connectivity index (χ0v) is 12.2. The Bertz CT molecular complexity index is 757. The van der Waals surface area contributed by atoms with Crippen LogP contribution in [0.5, 0.6) is 11.5 Å². The van der Waals surface area contributed by atoms with Crippen molar-refractivity contribution in [2.45, 2.75) is 36.0 Å². The number of aromatic hydroxyl groups is 1. The van der Waals surface area contributed by atoms with Gasteiger partial charge in [-0.1, -0.05) is 6.07 Å². The summed E-state index contributed by atoms with van der Waals surface area (Å²) in [6.07, 6.45) is 3.70. The molecule has 2 heterocycles. The molecule has 5 heteroatoms. The number of ether oxygens (including phenoxy) is 1. The molecule has 1 fully saturated rings. The van der Waals surface area contributed by atoms with Crippen LogP contribution in [0, 0.1) is 0 Å².